The van der Waals surface area contributed by atoms with Gasteiger partial charge in [-0.25, -0.2) is 4.79 Å². The number of nitrogens with one attached hydrogen (secondary N) is 26. The Morgan fingerprint density at radius 2 is 0.537 bits per heavy atom. The molecule has 149 heavy (non-hydrogen) atoms. The number of amides is 15. The van der Waals surface area contributed by atoms with Gasteiger partial charge >= 0.3 is 11.9 Å². The fraction of sp³-hybridized carbons (Fsp3) is 0.722. The maximum Gasteiger partial charge on any atom is 0.326 e. The molecule has 5 aliphatic rings. The fourth-order valence-electron chi connectivity index (χ4n) is 18.3. The highest BCUT2D eigenvalue weighted by Crippen LogP contribution is 2.30. The van der Waals surface area contributed by atoms with Crippen molar-refractivity contribution in [3.8, 4) is 0 Å². The van der Waals surface area contributed by atoms with Crippen LogP contribution in [0.15, 0.2) is 0 Å². The summed E-state index contributed by atoms with van der Waals surface area (Å²) in [6.45, 7) is 7.58. The Balaban J connectivity index is 1.38. The molecule has 0 unspecified atom stereocenters. The summed E-state index contributed by atoms with van der Waals surface area (Å²) in [4.78, 5) is 253. The molecule has 5 rings (SSSR count). The molecule has 836 valence electrons. The van der Waals surface area contributed by atoms with E-state index in [0.717, 1.165) is 0 Å². The SMILES string of the molecule is CC[C@H](C)[C@H](NC(=O)[C@H](CCCNC(=N)N)NC(=O)[C@@H](N)CCCNC(=N)N)C(=O)N[C@@H](CCCNC(=N)N)C(=O)N1CCC[C@H]1C(=O)N[C@@H](CCCNC(=N)N)C(=O)N1CCC[C@H]1C(=O)N1CCC[C@H]1C(=O)N[C@@H](CCCNC(=N)N)C(=O)N[C@@H](CC(C)C)C(=O)N1CCC[C@H]1C(=O)N[C@@H](CCCNC(=N)N)C(=O)N1CCC[C@H]1C(=O)N[C@@H](CCCNC(=N)N)C(=O)N[C@@H](CCC(=O)O)C(=O)N[C@@H](CCCNC(=N)N)C(=O)O. The van der Waals surface area contributed by atoms with E-state index in [0.29, 0.717) is 12.8 Å². The largest absolute Gasteiger partial charge is 0.481 e. The molecule has 0 aromatic heterocycles. The summed E-state index contributed by atoms with van der Waals surface area (Å²) < 4.78 is 0. The van der Waals surface area contributed by atoms with Gasteiger partial charge in [-0.2, -0.15) is 0 Å². The summed E-state index contributed by atoms with van der Waals surface area (Å²) in [5.41, 5.74) is 50.5. The zero-order chi connectivity index (χ0) is 111. The smallest absolute Gasteiger partial charge is 0.326 e. The molecule has 0 aromatic rings. The van der Waals surface area contributed by atoms with Crippen LogP contribution in [0.5, 0.6) is 0 Å². The minimum Gasteiger partial charge on any atom is -0.481 e. The van der Waals surface area contributed by atoms with Crippen LogP contribution in [0.25, 0.3) is 0 Å². The normalized spacial score (nSPS) is 18.6. The lowest BCUT2D eigenvalue weighted by Crippen LogP contribution is -2.61. The Morgan fingerprint density at radius 3 is 0.859 bits per heavy atom. The molecule has 59 heteroatoms. The molecule has 5 fully saturated rings. The summed E-state index contributed by atoms with van der Waals surface area (Å²) in [6, 6.07) is -21.7. The van der Waals surface area contributed by atoms with Crippen LogP contribution in [0.1, 0.15) is 220 Å². The first kappa shape index (κ1) is 125. The Kier molecular flexibility index (Phi) is 53.7. The number of hydrogen-bond acceptors (Lipinski definition) is 26. The molecule has 46 N–H and O–H groups in total. The quantitative estimate of drug-likeness (QED) is 0.0153. The molecule has 0 aliphatic carbocycles. The number of nitrogens with two attached hydrogens (primary N) is 9. The number of carboxylic acids is 2. The number of nitrogens with zero attached hydrogens (tertiary/aromatic N) is 5. The summed E-state index contributed by atoms with van der Waals surface area (Å²) in [7, 11) is 0. The van der Waals surface area contributed by atoms with Crippen LogP contribution in [0.3, 0.4) is 0 Å². The molecular weight excluding hydrogens is 1950 g/mol. The van der Waals surface area contributed by atoms with Crippen molar-refractivity contribution in [2.45, 2.75) is 317 Å². The van der Waals surface area contributed by atoms with Gasteiger partial charge in [0.05, 0.1) is 6.04 Å². The third-order valence-electron chi connectivity index (χ3n) is 26.2. The Hall–Kier alpha value is -14.9. The number of hydrogen-bond donors (Lipinski definition) is 37. The molecule has 59 nitrogen and oxygen atoms in total. The summed E-state index contributed by atoms with van der Waals surface area (Å²) in [5, 5.41) is 129. The second-order valence-electron chi connectivity index (χ2n) is 38.2. The van der Waals surface area contributed by atoms with Crippen LogP contribution < -0.4 is 147 Å². The van der Waals surface area contributed by atoms with E-state index in [1.54, 1.807) is 27.7 Å². The van der Waals surface area contributed by atoms with Crippen molar-refractivity contribution in [1.29, 1.82) is 43.3 Å². The van der Waals surface area contributed by atoms with E-state index in [4.69, 9.17) is 94.9 Å². The molecule has 0 saturated carbocycles. The fourth-order valence-corrected chi connectivity index (χ4v) is 18.3. The molecule has 5 heterocycles. The van der Waals surface area contributed by atoms with Crippen molar-refractivity contribution < 1.29 is 91.7 Å². The lowest BCUT2D eigenvalue weighted by atomic mass is 9.96. The molecule has 17 atom stereocenters. The first-order valence-corrected chi connectivity index (χ1v) is 51.0. The van der Waals surface area contributed by atoms with E-state index in [9.17, 15) is 53.4 Å². The van der Waals surface area contributed by atoms with E-state index < -0.39 is 234 Å². The zero-order valence-electron chi connectivity index (χ0n) is 85.6. The van der Waals surface area contributed by atoms with Gasteiger partial charge in [-0.05, 0) is 192 Å². The molecule has 15 amide bonds. The summed E-state index contributed by atoms with van der Waals surface area (Å²) in [5.74, 6) is -18.7. The number of carboxylic acid groups (broad SMARTS) is 2. The number of likely N-dealkylation sites (tertiary alicyclic amines) is 5. The molecule has 0 spiro atoms. The third kappa shape index (κ3) is 43.2. The van der Waals surface area contributed by atoms with E-state index in [-0.39, 0.29) is 288 Å². The van der Waals surface area contributed by atoms with Gasteiger partial charge in [-0.1, -0.05) is 34.1 Å². The van der Waals surface area contributed by atoms with Gasteiger partial charge in [0.1, 0.15) is 90.6 Å². The van der Waals surface area contributed by atoms with Gasteiger partial charge in [-0.15, -0.1) is 0 Å². The highest BCUT2D eigenvalue weighted by Gasteiger charge is 2.49. The topological polar surface area (TPSA) is 988 Å². The number of rotatable bonds is 65. The molecule has 5 saturated heterocycles. The zero-order valence-corrected chi connectivity index (χ0v) is 85.6. The van der Waals surface area contributed by atoms with Gasteiger partial charge in [0, 0.05) is 91.5 Å². The van der Waals surface area contributed by atoms with Gasteiger partial charge in [0.2, 0.25) is 88.6 Å². The third-order valence-corrected chi connectivity index (χ3v) is 26.2. The van der Waals surface area contributed by atoms with E-state index in [1.807, 2.05) is 0 Å². The van der Waals surface area contributed by atoms with Crippen LogP contribution in [0, 0.1) is 55.1 Å². The predicted molar refractivity (Wildman–Crippen MR) is 548 cm³/mol. The first-order valence-electron chi connectivity index (χ1n) is 51.0. The van der Waals surface area contributed by atoms with E-state index >= 15 is 38.4 Å². The highest BCUT2D eigenvalue weighted by molar-refractivity contribution is 6.02. The Bertz CT molecular complexity index is 4650. The van der Waals surface area contributed by atoms with E-state index in [1.165, 1.54) is 24.5 Å². The van der Waals surface area contributed by atoms with Crippen molar-refractivity contribution in [3.63, 3.8) is 0 Å². The highest BCUT2D eigenvalue weighted by atomic mass is 16.4. The lowest BCUT2D eigenvalue weighted by molar-refractivity contribution is -0.148. The summed E-state index contributed by atoms with van der Waals surface area (Å²) >= 11 is 0. The number of carbonyl (C=O) groups is 17. The van der Waals surface area contributed by atoms with Gasteiger partial charge < -0.3 is 182 Å². The second-order valence-corrected chi connectivity index (χ2v) is 38.2. The molecule has 0 radical (unpaired) electrons. The lowest BCUT2D eigenvalue weighted by Gasteiger charge is -2.34. The molecular formula is C90H162N40O19. The molecule has 0 aromatic carbocycles. The number of aliphatic carboxylic acids is 2. The standard InChI is InChI=1S/C90H162N40O19/c1-5-49(4)66(125-71(137)53(22-9-37-111-86(98)99)116-67(133)50(91)19-6-34-108-83(92)93)76(142)122-57(25-12-40-114-89(104)105)78(144)127-43-15-28-61(127)74(140)121-56(24-11-39-113-88(102)103)79(145)130-46-18-31-64(130)81(147)129-45-17-30-63(129)73(139)119-52(21-8-36-110-85(96)97)69(135)124-59(47-48(2)3)80(146)128-44-16-29-62(128)75(141)120-55(23-10-38-112-87(100)101)77(143)126-42-14-27-60(126)72(138)118-51(20-7-35-109-84(94)95)68(134)117-54(32-33-65(131)132)70(136)123-58(82(148)149)26-13-41-115-90(106)107/h48-64,66H,5-47,91H2,1-4H3,(H,116,133)(H,117,134)(H,118,138)(H,119,139)(H,120,141)(H,121,140)(H,122,142)(H,123,136)(H,124,135)(H,125,137)(H,131,132)(H,148,149)(H4,92,93,108)(H4,94,95,109)(H4,96,97,110)(H4,98,99,111)(H4,100,101,112)(H4,102,103,113)(H4,104,105,114)(H4,106,107,115)/t49-,50-,51-,52-,53-,54-,55-,56-,57-,58-,59-,60-,61-,62-,63-,64-,66-/m0/s1. The maximum atomic E-state index is 15.4. The van der Waals surface area contributed by atoms with Crippen molar-refractivity contribution >= 4 is 148 Å². The second kappa shape index (κ2) is 64.3. The average Bonchev–Trinajstić information content (AvgIpc) is 1.67. The van der Waals surface area contributed by atoms with E-state index in [2.05, 4.69) is 95.7 Å². The Labute approximate surface area is 865 Å². The predicted octanol–water partition coefficient (Wildman–Crippen LogP) is -9.74. The van der Waals surface area contributed by atoms with Crippen LogP contribution >= 0.6 is 0 Å². The van der Waals surface area contributed by atoms with Crippen molar-refractivity contribution in [2.75, 3.05) is 85.1 Å². The van der Waals surface area contributed by atoms with Crippen molar-refractivity contribution in [1.82, 2.24) is 120 Å². The van der Waals surface area contributed by atoms with Crippen LogP contribution in [0.4, 0.5) is 0 Å². The van der Waals surface area contributed by atoms with Gasteiger partial charge in [-0.3, -0.25) is 120 Å². The van der Waals surface area contributed by atoms with Crippen LogP contribution in [-0.4, -0.2) is 365 Å². The summed E-state index contributed by atoms with van der Waals surface area (Å²) in [6.07, 6.45) is 1.20. The maximum absolute atomic E-state index is 15.4. The minimum atomic E-state index is -1.67. The first-order chi connectivity index (χ1) is 70.5. The monoisotopic (exact) mass is 2110 g/mol. The molecule has 0 bridgehead atoms. The van der Waals surface area contributed by atoms with Gasteiger partial charge in [0.15, 0.2) is 47.7 Å². The minimum absolute atomic E-state index is 0.000452. The average molecular weight is 2110 g/mol. The Morgan fingerprint density at radius 1 is 0.295 bits per heavy atom. The van der Waals surface area contributed by atoms with Crippen molar-refractivity contribution in [3.05, 3.63) is 0 Å². The number of carbonyl (C=O) groups excluding carboxylic acids is 15. The van der Waals surface area contributed by atoms with Gasteiger partial charge in [0.25, 0.3) is 0 Å². The van der Waals surface area contributed by atoms with Crippen LogP contribution in [0.2, 0.25) is 0 Å². The van der Waals surface area contributed by atoms with Crippen LogP contribution in [-0.2, 0) is 81.5 Å². The molecule has 5 aliphatic heterocycles. The van der Waals surface area contributed by atoms with Crippen molar-refractivity contribution in [2.24, 2.45) is 63.4 Å². The number of guanidine groups is 8.